The summed E-state index contributed by atoms with van der Waals surface area (Å²) in [6, 6.07) is 16.5. The van der Waals surface area contributed by atoms with Gasteiger partial charge in [0.15, 0.2) is 0 Å². The lowest BCUT2D eigenvalue weighted by Crippen LogP contribution is -2.45. The average Bonchev–Trinajstić information content (AvgIpc) is 3.50. The molecule has 1 aliphatic rings. The number of phenolic OH excluding ortho intramolecular Hbond substituents is 1. The Kier molecular flexibility index (Phi) is 11.8. The van der Waals surface area contributed by atoms with Crippen LogP contribution in [0.5, 0.6) is 5.75 Å². The van der Waals surface area contributed by atoms with E-state index in [1.807, 2.05) is 18.2 Å². The lowest BCUT2D eigenvalue weighted by Gasteiger charge is -2.14. The van der Waals surface area contributed by atoms with Crippen molar-refractivity contribution in [3.05, 3.63) is 77.1 Å². The van der Waals surface area contributed by atoms with Gasteiger partial charge in [-0.05, 0) is 51.4 Å². The molecule has 0 aliphatic carbocycles. The average molecular weight is 502 g/mol. The summed E-state index contributed by atoms with van der Waals surface area (Å²) < 4.78 is 0. The van der Waals surface area contributed by atoms with E-state index < -0.39 is 12.0 Å². The third kappa shape index (κ3) is 11.0. The highest BCUT2D eigenvalue weighted by Crippen LogP contribution is 2.14. The van der Waals surface area contributed by atoms with Crippen LogP contribution in [0.4, 0.5) is 5.95 Å². The Morgan fingerprint density at radius 2 is 1.91 bits per heavy atom. The first-order chi connectivity index (χ1) is 16.7. The van der Waals surface area contributed by atoms with Crippen LogP contribution in [0.15, 0.2) is 60.8 Å². The fourth-order valence-corrected chi connectivity index (χ4v) is 3.19. The van der Waals surface area contributed by atoms with E-state index in [-0.39, 0.29) is 30.2 Å². The van der Waals surface area contributed by atoms with Crippen molar-refractivity contribution in [3.63, 3.8) is 0 Å². The molecule has 1 aliphatic heterocycles. The van der Waals surface area contributed by atoms with Crippen LogP contribution in [0.1, 0.15) is 24.1 Å². The lowest BCUT2D eigenvalue weighted by atomic mass is 10.2. The normalized spacial score (nSPS) is 15.0. The molecule has 2 atom stereocenters. The first kappa shape index (κ1) is 27.8. The van der Waals surface area contributed by atoms with Crippen molar-refractivity contribution in [2.45, 2.75) is 38.8 Å². The summed E-state index contributed by atoms with van der Waals surface area (Å²) in [5.41, 5.74) is 2.12. The number of aliphatic hydroxyl groups is 1. The number of aliphatic hydroxyl groups excluding tert-OH is 1. The third-order valence-electron chi connectivity index (χ3n) is 4.84. The van der Waals surface area contributed by atoms with Crippen molar-refractivity contribution < 1.29 is 19.8 Å². The van der Waals surface area contributed by atoms with Crippen LogP contribution in [0.2, 0.25) is 5.02 Å². The Bertz CT molecular complexity index is 1040. The van der Waals surface area contributed by atoms with E-state index in [2.05, 4.69) is 45.0 Å². The highest BCUT2D eigenvalue weighted by molar-refractivity contribution is 6.30. The molecule has 0 unspecified atom stereocenters. The molecule has 1 aromatic heterocycles. The van der Waals surface area contributed by atoms with Crippen LogP contribution < -0.4 is 16.0 Å². The molecule has 1 saturated heterocycles. The number of halogens is 1. The van der Waals surface area contributed by atoms with Crippen LogP contribution in [0.25, 0.3) is 0 Å². The zero-order valence-corrected chi connectivity index (χ0v) is 20.5. The highest BCUT2D eigenvalue weighted by Gasteiger charge is 2.23. The monoisotopic (exact) mass is 501 g/mol. The minimum absolute atomic E-state index is 0.122. The maximum atomic E-state index is 11.7. The van der Waals surface area contributed by atoms with Gasteiger partial charge in [0.1, 0.15) is 11.9 Å². The fourth-order valence-electron chi connectivity index (χ4n) is 3.01. The summed E-state index contributed by atoms with van der Waals surface area (Å²) in [5.74, 6) is -0.324. The fraction of sp³-hybridized carbons (Fsp3) is 0.320. The number of imidazole rings is 1. The lowest BCUT2D eigenvalue weighted by molar-refractivity contribution is -0.126. The molecular formula is C25H32ClN5O4. The Hall–Kier alpha value is -3.40. The molecular weight excluding hydrogens is 470 g/mol. The first-order valence-electron chi connectivity index (χ1n) is 11.2. The van der Waals surface area contributed by atoms with Crippen molar-refractivity contribution in [3.8, 4) is 5.75 Å². The number of aromatic amines is 1. The molecule has 2 amide bonds. The summed E-state index contributed by atoms with van der Waals surface area (Å²) in [7, 11) is 0. The van der Waals surface area contributed by atoms with Gasteiger partial charge in [-0.2, -0.15) is 0 Å². The van der Waals surface area contributed by atoms with Gasteiger partial charge in [-0.15, -0.1) is 0 Å². The number of nitrogens with one attached hydrogen (secondary N) is 4. The number of aromatic hydroxyl groups is 1. The van der Waals surface area contributed by atoms with Crippen LogP contribution in [0.3, 0.4) is 0 Å². The minimum atomic E-state index is -1.31. The van der Waals surface area contributed by atoms with Crippen molar-refractivity contribution in [1.29, 1.82) is 0 Å². The topological polar surface area (TPSA) is 139 Å². The number of anilines is 1. The standard InChI is InChI=1S/C12H19N5O3.C7H8.C6H5ClO/c1-7-5-15-12(16-7)17-11(20)9(18)6-14-10(19)8-3-2-4-13-8;1-7-5-3-2-4-6-7;7-5-2-1-3-6(8)4-5/h5,8-9,13,18H,2-4,6H2,1H3,(H,14,19)(H2,15,16,17,20);2-6H,1H3;1-4,8H/t8-,9+;;/m0../s1. The molecule has 2 aromatic carbocycles. The van der Waals surface area contributed by atoms with Crippen molar-refractivity contribution in [2.24, 2.45) is 0 Å². The van der Waals surface area contributed by atoms with E-state index in [1.165, 1.54) is 11.6 Å². The quantitative estimate of drug-likeness (QED) is 0.318. The van der Waals surface area contributed by atoms with Crippen molar-refractivity contribution in [1.82, 2.24) is 20.6 Å². The Morgan fingerprint density at radius 3 is 2.40 bits per heavy atom. The van der Waals surface area contributed by atoms with Gasteiger partial charge in [-0.1, -0.05) is 53.6 Å². The summed E-state index contributed by atoms with van der Waals surface area (Å²) >= 11 is 5.48. The number of aromatic nitrogens is 2. The van der Waals surface area contributed by atoms with E-state index in [0.29, 0.717) is 5.02 Å². The number of H-pyrrole nitrogens is 1. The Labute approximate surface area is 209 Å². The molecule has 3 aromatic rings. The van der Waals surface area contributed by atoms with Crippen LogP contribution >= 0.6 is 11.6 Å². The minimum Gasteiger partial charge on any atom is -0.508 e. The van der Waals surface area contributed by atoms with E-state index in [1.54, 1.807) is 31.3 Å². The number of aryl methyl sites for hydroxylation is 2. The number of hydrogen-bond donors (Lipinski definition) is 6. The predicted octanol–water partition coefficient (Wildman–Crippen LogP) is 2.93. The number of hydrogen-bond acceptors (Lipinski definition) is 6. The van der Waals surface area contributed by atoms with E-state index in [0.717, 1.165) is 25.1 Å². The molecule has 1 fully saturated rings. The number of carbonyl (C=O) groups excluding carboxylic acids is 2. The summed E-state index contributed by atoms with van der Waals surface area (Å²) in [6.45, 7) is 4.58. The number of benzene rings is 2. The first-order valence-corrected chi connectivity index (χ1v) is 11.6. The molecule has 9 nitrogen and oxygen atoms in total. The second-order valence-corrected chi connectivity index (χ2v) is 8.38. The number of carbonyl (C=O) groups is 2. The maximum absolute atomic E-state index is 11.7. The smallest absolute Gasteiger partial charge is 0.257 e. The number of phenols is 1. The molecule has 4 rings (SSSR count). The van der Waals surface area contributed by atoms with Crippen molar-refractivity contribution >= 4 is 29.4 Å². The molecule has 0 radical (unpaired) electrons. The molecule has 0 bridgehead atoms. The second kappa shape index (κ2) is 14.8. The third-order valence-corrected chi connectivity index (χ3v) is 5.08. The zero-order valence-electron chi connectivity index (χ0n) is 19.8. The molecule has 35 heavy (non-hydrogen) atoms. The summed E-state index contributed by atoms with van der Waals surface area (Å²) in [4.78, 5) is 30.1. The number of amides is 2. The molecule has 6 N–H and O–H groups in total. The molecule has 0 saturated carbocycles. The number of rotatable bonds is 5. The maximum Gasteiger partial charge on any atom is 0.257 e. The van der Waals surface area contributed by atoms with Gasteiger partial charge in [0.05, 0.1) is 12.6 Å². The van der Waals surface area contributed by atoms with Gasteiger partial charge in [-0.25, -0.2) is 4.98 Å². The highest BCUT2D eigenvalue weighted by atomic mass is 35.5. The molecule has 0 spiro atoms. The largest absolute Gasteiger partial charge is 0.508 e. The van der Waals surface area contributed by atoms with Gasteiger partial charge in [0.25, 0.3) is 5.91 Å². The molecule has 188 valence electrons. The Morgan fingerprint density at radius 1 is 1.17 bits per heavy atom. The van der Waals surface area contributed by atoms with Gasteiger partial charge in [-0.3, -0.25) is 14.9 Å². The van der Waals surface area contributed by atoms with Crippen molar-refractivity contribution in [2.75, 3.05) is 18.4 Å². The second-order valence-electron chi connectivity index (χ2n) is 7.95. The van der Waals surface area contributed by atoms with Crippen LogP contribution in [0, 0.1) is 13.8 Å². The molecule has 10 heteroatoms. The van der Waals surface area contributed by atoms with Crippen LogP contribution in [-0.2, 0) is 9.59 Å². The van der Waals surface area contributed by atoms with Crippen LogP contribution in [-0.4, -0.2) is 57.2 Å². The zero-order chi connectivity index (χ0) is 25.6. The Balaban J connectivity index is 0.000000234. The summed E-state index contributed by atoms with van der Waals surface area (Å²) in [6.07, 6.45) is 1.99. The molecule has 2 heterocycles. The van der Waals surface area contributed by atoms with E-state index in [4.69, 9.17) is 16.7 Å². The van der Waals surface area contributed by atoms with Gasteiger partial charge < -0.3 is 25.8 Å². The SMILES string of the molecule is Cc1ccccc1.Cc1cnc(NC(=O)[C@H](O)CNC(=O)[C@@H]2CCCN2)[nH]1.Oc1cccc(Cl)c1. The van der Waals surface area contributed by atoms with Gasteiger partial charge in [0, 0.05) is 16.9 Å². The predicted molar refractivity (Wildman–Crippen MR) is 136 cm³/mol. The van der Waals surface area contributed by atoms with Gasteiger partial charge >= 0.3 is 0 Å². The van der Waals surface area contributed by atoms with E-state index >= 15 is 0 Å². The van der Waals surface area contributed by atoms with Gasteiger partial charge in [0.2, 0.25) is 11.9 Å². The van der Waals surface area contributed by atoms with E-state index in [9.17, 15) is 14.7 Å². The summed E-state index contributed by atoms with van der Waals surface area (Å²) in [5, 5.41) is 27.0. The number of nitrogens with zero attached hydrogens (tertiary/aromatic N) is 1.